The molecule has 13 heteroatoms. The summed E-state index contributed by atoms with van der Waals surface area (Å²) >= 11 is 0. The minimum atomic E-state index is -5.08. The van der Waals surface area contributed by atoms with Gasteiger partial charge in [0.25, 0.3) is 5.89 Å². The number of anilines is 1. The highest BCUT2D eigenvalue weighted by atomic mass is 19.4. The fourth-order valence-electron chi connectivity index (χ4n) is 2.89. The van der Waals surface area contributed by atoms with Crippen LogP contribution in [0.4, 0.5) is 18.9 Å². The van der Waals surface area contributed by atoms with Crippen LogP contribution >= 0.6 is 0 Å². The minimum absolute atomic E-state index is 0.405. The third-order valence-electron chi connectivity index (χ3n) is 4.59. The predicted molar refractivity (Wildman–Crippen MR) is 103 cm³/mol. The van der Waals surface area contributed by atoms with Gasteiger partial charge in [0.1, 0.15) is 6.33 Å². The zero-order chi connectivity index (χ0) is 22.4. The Hall–Kier alpha value is -3.48. The van der Waals surface area contributed by atoms with Gasteiger partial charge in [-0.2, -0.15) is 23.3 Å². The summed E-state index contributed by atoms with van der Waals surface area (Å²) in [4.78, 5) is 22.1. The highest BCUT2D eigenvalue weighted by Crippen LogP contribution is 2.24. The number of nitrogens with zero attached hydrogens (tertiary/aromatic N) is 6. The van der Waals surface area contributed by atoms with Gasteiger partial charge in [0.05, 0.1) is 0 Å². The summed E-state index contributed by atoms with van der Waals surface area (Å²) in [6.07, 6.45) is -3.67. The Labute approximate surface area is 174 Å². The maximum Gasteiger partial charge on any atom is 0.490 e. The van der Waals surface area contributed by atoms with Crippen LogP contribution in [0.2, 0.25) is 0 Å². The normalized spacial score (nSPS) is 14.8. The second-order valence-corrected chi connectivity index (χ2v) is 6.53. The maximum absolute atomic E-state index is 10.6. The lowest BCUT2D eigenvalue weighted by atomic mass is 10.2. The van der Waals surface area contributed by atoms with Crippen molar-refractivity contribution in [2.45, 2.75) is 13.1 Å². The summed E-state index contributed by atoms with van der Waals surface area (Å²) in [6, 6.07) is 8.24. The zero-order valence-electron chi connectivity index (χ0n) is 16.5. The molecule has 0 bridgehead atoms. The fourth-order valence-corrected chi connectivity index (χ4v) is 2.89. The summed E-state index contributed by atoms with van der Waals surface area (Å²) in [5.74, 6) is -1.38. The van der Waals surface area contributed by atoms with Crippen molar-refractivity contribution in [3.8, 4) is 23.1 Å². The Morgan fingerprint density at radius 3 is 2.35 bits per heavy atom. The van der Waals surface area contributed by atoms with E-state index in [1.807, 2.05) is 12.1 Å². The number of benzene rings is 1. The third kappa shape index (κ3) is 5.78. The van der Waals surface area contributed by atoms with Crippen molar-refractivity contribution in [1.29, 1.82) is 0 Å². The molecule has 1 fully saturated rings. The molecule has 1 aliphatic rings. The van der Waals surface area contributed by atoms with Crippen molar-refractivity contribution >= 4 is 11.7 Å². The van der Waals surface area contributed by atoms with Crippen LogP contribution in [-0.2, 0) is 4.79 Å². The number of alkyl halides is 3. The van der Waals surface area contributed by atoms with Crippen molar-refractivity contribution in [3.63, 3.8) is 0 Å². The molecule has 0 unspecified atom stereocenters. The van der Waals surface area contributed by atoms with E-state index >= 15 is 0 Å². The fraction of sp³-hybridized carbons (Fsp3) is 0.389. The quantitative estimate of drug-likeness (QED) is 0.630. The first-order valence-electron chi connectivity index (χ1n) is 9.35. The van der Waals surface area contributed by atoms with Crippen molar-refractivity contribution in [2.24, 2.45) is 0 Å². The SMILES string of the molecule is CCN1CCN(c2ccc(-c3nc(-c4ncn[nH]4)no3)cc2)CC1.O=C(O)C(F)(F)F. The Morgan fingerprint density at radius 2 is 1.84 bits per heavy atom. The lowest BCUT2D eigenvalue weighted by Gasteiger charge is -2.35. The van der Waals surface area contributed by atoms with Crippen LogP contribution in [0.15, 0.2) is 35.1 Å². The standard InChI is InChI=1S/C16H19N7O.C2HF3O2/c1-2-22-7-9-23(10-8-22)13-5-3-12(4-6-13)16-19-15(21-24-16)14-17-11-18-20-14;3-2(4,5)1(6)7/h3-6,11H,2,7-10H2,1H3,(H,17,18,20);(H,6,7). The Morgan fingerprint density at radius 1 is 1.19 bits per heavy atom. The number of likely N-dealkylation sites (N-methyl/N-ethyl adjacent to an activating group) is 1. The largest absolute Gasteiger partial charge is 0.490 e. The number of aromatic amines is 1. The number of carboxylic acid groups (broad SMARTS) is 1. The van der Waals surface area contributed by atoms with E-state index in [1.165, 1.54) is 12.0 Å². The lowest BCUT2D eigenvalue weighted by molar-refractivity contribution is -0.192. The summed E-state index contributed by atoms with van der Waals surface area (Å²) in [5, 5.41) is 17.6. The number of H-pyrrole nitrogens is 1. The minimum Gasteiger partial charge on any atom is -0.475 e. The molecule has 0 amide bonds. The van der Waals surface area contributed by atoms with Gasteiger partial charge < -0.3 is 19.4 Å². The molecule has 0 aliphatic carbocycles. The second-order valence-electron chi connectivity index (χ2n) is 6.53. The van der Waals surface area contributed by atoms with Crippen LogP contribution in [0.3, 0.4) is 0 Å². The predicted octanol–water partition coefficient (Wildman–Crippen LogP) is 2.30. The number of rotatable bonds is 4. The topological polar surface area (TPSA) is 124 Å². The third-order valence-corrected chi connectivity index (χ3v) is 4.59. The van der Waals surface area contributed by atoms with Gasteiger partial charge in [-0.25, -0.2) is 9.78 Å². The molecule has 0 radical (unpaired) electrons. The average Bonchev–Trinajstić information content (AvgIpc) is 3.46. The molecule has 1 aromatic carbocycles. The highest BCUT2D eigenvalue weighted by molar-refractivity contribution is 5.73. The molecule has 10 nitrogen and oxygen atoms in total. The number of nitrogens with one attached hydrogen (secondary N) is 1. The van der Waals surface area contributed by atoms with Crippen LogP contribution in [0.25, 0.3) is 23.1 Å². The number of carbonyl (C=O) groups is 1. The van der Waals surface area contributed by atoms with E-state index in [-0.39, 0.29) is 0 Å². The van der Waals surface area contributed by atoms with Crippen LogP contribution in [0.1, 0.15) is 6.92 Å². The number of hydrogen-bond acceptors (Lipinski definition) is 8. The molecule has 4 rings (SSSR count). The highest BCUT2D eigenvalue weighted by Gasteiger charge is 2.38. The molecule has 1 saturated heterocycles. The molecule has 0 saturated carbocycles. The number of carboxylic acids is 1. The Balaban J connectivity index is 0.000000339. The summed E-state index contributed by atoms with van der Waals surface area (Å²) in [6.45, 7) is 7.68. The molecule has 1 aliphatic heterocycles. The van der Waals surface area contributed by atoms with Crippen molar-refractivity contribution in [2.75, 3.05) is 37.6 Å². The lowest BCUT2D eigenvalue weighted by Crippen LogP contribution is -2.46. The van der Waals surface area contributed by atoms with Crippen LogP contribution in [0, 0.1) is 0 Å². The molecule has 3 heterocycles. The first-order chi connectivity index (χ1) is 14.8. The monoisotopic (exact) mass is 439 g/mol. The van der Waals surface area contributed by atoms with Crippen LogP contribution < -0.4 is 4.90 Å². The number of hydrogen-bond donors (Lipinski definition) is 2. The summed E-state index contributed by atoms with van der Waals surface area (Å²) in [7, 11) is 0. The van der Waals surface area contributed by atoms with Gasteiger partial charge in [-0.05, 0) is 30.8 Å². The van der Waals surface area contributed by atoms with E-state index in [9.17, 15) is 13.2 Å². The van der Waals surface area contributed by atoms with E-state index in [2.05, 4.69) is 54.2 Å². The molecular formula is C18H20F3N7O3. The van der Waals surface area contributed by atoms with Gasteiger partial charge in [-0.3, -0.25) is 5.10 Å². The Bertz CT molecular complexity index is 966. The van der Waals surface area contributed by atoms with E-state index < -0.39 is 12.1 Å². The van der Waals surface area contributed by atoms with Crippen molar-refractivity contribution < 1.29 is 27.6 Å². The van der Waals surface area contributed by atoms with E-state index in [4.69, 9.17) is 14.4 Å². The summed E-state index contributed by atoms with van der Waals surface area (Å²) in [5.41, 5.74) is 2.12. The first kappa shape index (κ1) is 22.2. The van der Waals surface area contributed by atoms with E-state index in [0.29, 0.717) is 17.5 Å². The smallest absolute Gasteiger partial charge is 0.475 e. The molecule has 0 atom stereocenters. The molecule has 31 heavy (non-hydrogen) atoms. The molecule has 3 aromatic rings. The van der Waals surface area contributed by atoms with Crippen molar-refractivity contribution in [3.05, 3.63) is 30.6 Å². The molecule has 166 valence electrons. The second kappa shape index (κ2) is 9.55. The van der Waals surface area contributed by atoms with Gasteiger partial charge in [-0.15, -0.1) is 0 Å². The molecule has 2 N–H and O–H groups in total. The maximum atomic E-state index is 10.6. The number of aliphatic carboxylic acids is 1. The van der Waals surface area contributed by atoms with Gasteiger partial charge in [0.2, 0.25) is 5.82 Å². The average molecular weight is 439 g/mol. The van der Waals surface area contributed by atoms with Gasteiger partial charge in [-0.1, -0.05) is 12.1 Å². The van der Waals surface area contributed by atoms with E-state index in [1.54, 1.807) is 0 Å². The van der Waals surface area contributed by atoms with Gasteiger partial charge in [0.15, 0.2) is 5.82 Å². The number of aromatic nitrogens is 5. The zero-order valence-corrected chi connectivity index (χ0v) is 16.5. The number of piperazine rings is 1. The number of halogens is 3. The van der Waals surface area contributed by atoms with Crippen LogP contribution in [0.5, 0.6) is 0 Å². The molecule has 0 spiro atoms. The van der Waals surface area contributed by atoms with E-state index in [0.717, 1.165) is 38.3 Å². The first-order valence-corrected chi connectivity index (χ1v) is 9.35. The molecular weight excluding hydrogens is 419 g/mol. The Kier molecular flexibility index (Phi) is 6.84. The summed E-state index contributed by atoms with van der Waals surface area (Å²) < 4.78 is 37.1. The molecule has 2 aromatic heterocycles. The van der Waals surface area contributed by atoms with Crippen molar-refractivity contribution in [1.82, 2.24) is 30.2 Å². The van der Waals surface area contributed by atoms with Gasteiger partial charge >= 0.3 is 12.1 Å². The van der Waals surface area contributed by atoms with Gasteiger partial charge in [0, 0.05) is 37.4 Å². The van der Waals surface area contributed by atoms with Crippen LogP contribution in [-0.4, -0.2) is 80.2 Å².